The first-order valence-corrected chi connectivity index (χ1v) is 7.28. The molecule has 2 aliphatic rings. The zero-order valence-corrected chi connectivity index (χ0v) is 11.7. The largest absolute Gasteiger partial charge is 0.344 e. The number of hydrogen-bond acceptors (Lipinski definition) is 2. The van der Waals surface area contributed by atoms with E-state index in [4.69, 9.17) is 4.98 Å². The van der Waals surface area contributed by atoms with Crippen molar-refractivity contribution in [1.29, 1.82) is 0 Å². The van der Waals surface area contributed by atoms with E-state index in [-0.39, 0.29) is 0 Å². The summed E-state index contributed by atoms with van der Waals surface area (Å²) in [5, 5.41) is 1.21. The van der Waals surface area contributed by atoms with Crippen molar-refractivity contribution in [2.24, 2.45) is 18.4 Å². The standard InChI is InChI=1S/C16H19N3O/c1-18-5-4-13-2-3-14(17-15(13)18)6-12-7-16(8-12)9-19(10-16)11-20/h2-5,11-12H,6-10H2,1H3. The number of rotatable bonds is 3. The van der Waals surface area contributed by atoms with Gasteiger partial charge in [0.1, 0.15) is 5.65 Å². The van der Waals surface area contributed by atoms with Crippen LogP contribution in [0.15, 0.2) is 24.4 Å². The molecule has 0 N–H and O–H groups in total. The summed E-state index contributed by atoms with van der Waals surface area (Å²) in [7, 11) is 2.04. The minimum atomic E-state index is 0.459. The van der Waals surface area contributed by atoms with Crippen molar-refractivity contribution in [2.45, 2.75) is 19.3 Å². The zero-order valence-electron chi connectivity index (χ0n) is 11.7. The van der Waals surface area contributed by atoms with E-state index in [0.717, 1.165) is 37.5 Å². The average molecular weight is 269 g/mol. The molecule has 2 fully saturated rings. The Labute approximate surface area is 118 Å². The normalized spacial score (nSPS) is 20.9. The Morgan fingerprint density at radius 1 is 1.35 bits per heavy atom. The number of carbonyl (C=O) groups excluding carboxylic acids is 1. The summed E-state index contributed by atoms with van der Waals surface area (Å²) < 4.78 is 2.08. The van der Waals surface area contributed by atoms with Gasteiger partial charge in [0.15, 0.2) is 0 Å². The molecule has 0 bridgehead atoms. The van der Waals surface area contributed by atoms with Crippen LogP contribution in [-0.4, -0.2) is 34.0 Å². The Balaban J connectivity index is 1.42. The SMILES string of the molecule is Cn1ccc2ccc(CC3CC4(C3)CN(C=O)C4)nc21. The Bertz CT molecular complexity index is 661. The zero-order chi connectivity index (χ0) is 13.7. The fourth-order valence-electron chi connectivity index (χ4n) is 4.04. The molecule has 4 nitrogen and oxygen atoms in total. The molecule has 1 saturated heterocycles. The molecular weight excluding hydrogens is 250 g/mol. The van der Waals surface area contributed by atoms with Gasteiger partial charge in [-0.25, -0.2) is 4.98 Å². The fourth-order valence-corrected chi connectivity index (χ4v) is 4.04. The van der Waals surface area contributed by atoms with Crippen molar-refractivity contribution in [3.8, 4) is 0 Å². The Hall–Kier alpha value is -1.84. The van der Waals surface area contributed by atoms with Gasteiger partial charge in [0, 0.05) is 42.8 Å². The molecule has 20 heavy (non-hydrogen) atoms. The number of hydrogen-bond donors (Lipinski definition) is 0. The first-order valence-electron chi connectivity index (χ1n) is 7.28. The lowest BCUT2D eigenvalue weighted by molar-refractivity contribution is -0.141. The van der Waals surface area contributed by atoms with Gasteiger partial charge in [-0.15, -0.1) is 0 Å². The van der Waals surface area contributed by atoms with E-state index in [2.05, 4.69) is 29.0 Å². The summed E-state index contributed by atoms with van der Waals surface area (Å²) in [4.78, 5) is 17.3. The molecule has 0 radical (unpaired) electrons. The number of aryl methyl sites for hydroxylation is 1. The summed E-state index contributed by atoms with van der Waals surface area (Å²) in [5.41, 5.74) is 2.73. The predicted octanol–water partition coefficient (Wildman–Crippen LogP) is 1.98. The van der Waals surface area contributed by atoms with E-state index >= 15 is 0 Å². The minimum Gasteiger partial charge on any atom is -0.344 e. The number of likely N-dealkylation sites (tertiary alicyclic amines) is 1. The van der Waals surface area contributed by atoms with Crippen molar-refractivity contribution in [3.05, 3.63) is 30.1 Å². The van der Waals surface area contributed by atoms with Crippen LogP contribution in [0.2, 0.25) is 0 Å². The van der Waals surface area contributed by atoms with Gasteiger partial charge in [0.2, 0.25) is 6.41 Å². The molecule has 3 heterocycles. The molecule has 1 aliphatic carbocycles. The van der Waals surface area contributed by atoms with Crippen molar-refractivity contribution < 1.29 is 4.79 Å². The number of carbonyl (C=O) groups is 1. The van der Waals surface area contributed by atoms with Crippen LogP contribution in [0.4, 0.5) is 0 Å². The van der Waals surface area contributed by atoms with Gasteiger partial charge < -0.3 is 9.47 Å². The van der Waals surface area contributed by atoms with Gasteiger partial charge in [-0.2, -0.15) is 0 Å². The Kier molecular flexibility index (Phi) is 2.43. The van der Waals surface area contributed by atoms with Crippen LogP contribution in [0.5, 0.6) is 0 Å². The lowest BCUT2D eigenvalue weighted by Crippen LogP contribution is -2.61. The highest BCUT2D eigenvalue weighted by molar-refractivity contribution is 5.76. The van der Waals surface area contributed by atoms with E-state index in [0.29, 0.717) is 5.41 Å². The van der Waals surface area contributed by atoms with E-state index in [1.54, 1.807) is 0 Å². The molecule has 1 amide bonds. The Morgan fingerprint density at radius 3 is 2.90 bits per heavy atom. The van der Waals surface area contributed by atoms with Gasteiger partial charge in [-0.3, -0.25) is 4.79 Å². The quantitative estimate of drug-likeness (QED) is 0.799. The van der Waals surface area contributed by atoms with E-state index < -0.39 is 0 Å². The van der Waals surface area contributed by atoms with Crippen LogP contribution in [0.3, 0.4) is 0 Å². The van der Waals surface area contributed by atoms with E-state index in [9.17, 15) is 4.79 Å². The predicted molar refractivity (Wildman–Crippen MR) is 77.2 cm³/mol. The molecule has 4 heteroatoms. The maximum absolute atomic E-state index is 10.6. The number of pyridine rings is 1. The van der Waals surface area contributed by atoms with Gasteiger partial charge in [-0.05, 0) is 43.4 Å². The van der Waals surface area contributed by atoms with Gasteiger partial charge in [0.05, 0.1) is 0 Å². The van der Waals surface area contributed by atoms with Gasteiger partial charge in [-0.1, -0.05) is 0 Å². The van der Waals surface area contributed by atoms with Crippen molar-refractivity contribution in [3.63, 3.8) is 0 Å². The fraction of sp³-hybridized carbons (Fsp3) is 0.500. The number of amides is 1. The topological polar surface area (TPSA) is 38.1 Å². The maximum atomic E-state index is 10.6. The molecule has 1 aliphatic heterocycles. The smallest absolute Gasteiger partial charge is 0.209 e. The second-order valence-corrected chi connectivity index (χ2v) is 6.63. The summed E-state index contributed by atoms with van der Waals surface area (Å²) >= 11 is 0. The van der Waals surface area contributed by atoms with Crippen molar-refractivity contribution >= 4 is 17.4 Å². The van der Waals surface area contributed by atoms with Crippen LogP contribution in [-0.2, 0) is 18.3 Å². The van der Waals surface area contributed by atoms with Gasteiger partial charge >= 0.3 is 0 Å². The van der Waals surface area contributed by atoms with Crippen molar-refractivity contribution in [1.82, 2.24) is 14.5 Å². The molecule has 2 aromatic heterocycles. The summed E-state index contributed by atoms with van der Waals surface area (Å²) in [6, 6.07) is 6.43. The van der Waals surface area contributed by atoms with Crippen LogP contribution in [0, 0.1) is 11.3 Å². The highest BCUT2D eigenvalue weighted by Crippen LogP contribution is 2.52. The number of nitrogens with zero attached hydrogens (tertiary/aromatic N) is 3. The highest BCUT2D eigenvalue weighted by atomic mass is 16.1. The van der Waals surface area contributed by atoms with Crippen LogP contribution < -0.4 is 0 Å². The third kappa shape index (κ3) is 1.74. The summed E-state index contributed by atoms with van der Waals surface area (Å²) in [5.74, 6) is 0.744. The lowest BCUT2D eigenvalue weighted by atomic mass is 9.57. The minimum absolute atomic E-state index is 0.459. The molecule has 1 saturated carbocycles. The van der Waals surface area contributed by atoms with Crippen LogP contribution in [0.1, 0.15) is 18.5 Å². The number of aromatic nitrogens is 2. The molecular formula is C16H19N3O. The van der Waals surface area contributed by atoms with Crippen molar-refractivity contribution in [2.75, 3.05) is 13.1 Å². The summed E-state index contributed by atoms with van der Waals surface area (Å²) in [6.07, 6.45) is 6.62. The van der Waals surface area contributed by atoms with Crippen LogP contribution >= 0.6 is 0 Å². The molecule has 4 rings (SSSR count). The average Bonchev–Trinajstić information content (AvgIpc) is 2.72. The monoisotopic (exact) mass is 269 g/mol. The Morgan fingerprint density at radius 2 is 2.15 bits per heavy atom. The second kappa shape index (κ2) is 4.08. The molecule has 2 aromatic rings. The van der Waals surface area contributed by atoms with E-state index in [1.165, 1.54) is 23.9 Å². The molecule has 0 unspecified atom stereocenters. The molecule has 0 aromatic carbocycles. The highest BCUT2D eigenvalue weighted by Gasteiger charge is 2.51. The molecule has 1 spiro atoms. The first-order chi connectivity index (χ1) is 9.67. The third-order valence-electron chi connectivity index (χ3n) is 4.94. The summed E-state index contributed by atoms with van der Waals surface area (Å²) in [6.45, 7) is 1.94. The number of fused-ring (bicyclic) bond motifs is 1. The third-order valence-corrected chi connectivity index (χ3v) is 4.94. The molecule has 104 valence electrons. The maximum Gasteiger partial charge on any atom is 0.209 e. The van der Waals surface area contributed by atoms with Gasteiger partial charge in [0.25, 0.3) is 0 Å². The van der Waals surface area contributed by atoms with E-state index in [1.807, 2.05) is 11.9 Å². The molecule has 0 atom stereocenters. The second-order valence-electron chi connectivity index (χ2n) is 6.63. The van der Waals surface area contributed by atoms with Crippen LogP contribution in [0.25, 0.3) is 11.0 Å². The lowest BCUT2D eigenvalue weighted by Gasteiger charge is -2.58. The first kappa shape index (κ1) is 11.9.